The number of halogens is 1. The summed E-state index contributed by atoms with van der Waals surface area (Å²) < 4.78 is 1.83. The van der Waals surface area contributed by atoms with E-state index in [1.807, 2.05) is 10.2 Å². The summed E-state index contributed by atoms with van der Waals surface area (Å²) in [5, 5.41) is 20.0. The molecule has 0 unspecified atom stereocenters. The highest BCUT2D eigenvalue weighted by Crippen LogP contribution is 2.20. The number of rotatable bonds is 4. The molecule has 0 aromatic heterocycles. The largest absolute Gasteiger partial charge is 0.388 e. The molecular formula is C10H10INO3. The van der Waals surface area contributed by atoms with Gasteiger partial charge in [0.1, 0.15) is 0 Å². The van der Waals surface area contributed by atoms with E-state index in [4.69, 9.17) is 0 Å². The molecule has 1 aromatic carbocycles. The average molecular weight is 319 g/mol. The van der Waals surface area contributed by atoms with Crippen LogP contribution in [-0.2, 0) is 0 Å². The van der Waals surface area contributed by atoms with Crippen LogP contribution in [0.3, 0.4) is 0 Å². The van der Waals surface area contributed by atoms with Crippen molar-refractivity contribution in [1.82, 2.24) is 0 Å². The van der Waals surface area contributed by atoms with Gasteiger partial charge >= 0.3 is 0 Å². The van der Waals surface area contributed by atoms with E-state index in [1.165, 1.54) is 12.1 Å². The highest BCUT2D eigenvalue weighted by atomic mass is 127. The Morgan fingerprint density at radius 2 is 2.07 bits per heavy atom. The fourth-order valence-electron chi connectivity index (χ4n) is 1.13. The van der Waals surface area contributed by atoms with E-state index in [0.717, 1.165) is 0 Å². The van der Waals surface area contributed by atoms with Gasteiger partial charge in [0.2, 0.25) is 0 Å². The number of nitro benzene ring substituents is 1. The Morgan fingerprint density at radius 3 is 2.53 bits per heavy atom. The van der Waals surface area contributed by atoms with Crippen molar-refractivity contribution in [3.63, 3.8) is 0 Å². The molecular weight excluding hydrogens is 309 g/mol. The lowest BCUT2D eigenvalue weighted by atomic mass is 10.1. The third-order valence-electron chi connectivity index (χ3n) is 1.94. The maximum atomic E-state index is 10.4. The number of nitrogens with zero attached hydrogens (tertiary/aromatic N) is 1. The molecule has 1 rings (SSSR count). The van der Waals surface area contributed by atoms with Crippen LogP contribution < -0.4 is 0 Å². The van der Waals surface area contributed by atoms with Gasteiger partial charge < -0.3 is 5.11 Å². The van der Waals surface area contributed by atoms with Gasteiger partial charge in [-0.05, 0) is 28.2 Å². The number of aliphatic hydroxyl groups excluding tert-OH is 1. The van der Waals surface area contributed by atoms with Gasteiger partial charge in [-0.15, -0.1) is 0 Å². The van der Waals surface area contributed by atoms with Crippen LogP contribution in [0.2, 0.25) is 0 Å². The lowest BCUT2D eigenvalue weighted by Gasteiger charge is -2.07. The van der Waals surface area contributed by atoms with Gasteiger partial charge in [-0.2, -0.15) is 0 Å². The van der Waals surface area contributed by atoms with E-state index in [2.05, 4.69) is 22.6 Å². The summed E-state index contributed by atoms with van der Waals surface area (Å²) in [6.45, 7) is 0. The average Bonchev–Trinajstić information content (AvgIpc) is 2.26. The van der Waals surface area contributed by atoms with Crippen molar-refractivity contribution in [2.45, 2.75) is 12.5 Å². The summed E-state index contributed by atoms with van der Waals surface area (Å²) in [6, 6.07) is 5.94. The van der Waals surface area contributed by atoms with Crippen molar-refractivity contribution < 1.29 is 10.0 Å². The molecule has 15 heavy (non-hydrogen) atoms. The van der Waals surface area contributed by atoms with Gasteiger partial charge in [-0.1, -0.05) is 28.7 Å². The Morgan fingerprint density at radius 1 is 1.47 bits per heavy atom. The molecule has 1 atom stereocenters. The molecule has 0 aliphatic carbocycles. The van der Waals surface area contributed by atoms with Crippen molar-refractivity contribution in [2.75, 3.05) is 0 Å². The quantitative estimate of drug-likeness (QED) is 0.527. The van der Waals surface area contributed by atoms with Gasteiger partial charge in [0.15, 0.2) is 0 Å². The highest BCUT2D eigenvalue weighted by molar-refractivity contribution is 14.1. The first kappa shape index (κ1) is 12.1. The second kappa shape index (κ2) is 5.82. The topological polar surface area (TPSA) is 63.4 Å². The molecule has 0 heterocycles. The predicted octanol–water partition coefficient (Wildman–Crippen LogP) is 2.97. The van der Waals surface area contributed by atoms with Crippen molar-refractivity contribution in [3.05, 3.63) is 50.1 Å². The maximum absolute atomic E-state index is 10.4. The highest BCUT2D eigenvalue weighted by Gasteiger charge is 2.08. The van der Waals surface area contributed by atoms with E-state index in [-0.39, 0.29) is 5.69 Å². The maximum Gasteiger partial charge on any atom is 0.269 e. The molecule has 0 aliphatic heterocycles. The molecule has 0 aliphatic rings. The van der Waals surface area contributed by atoms with Crippen LogP contribution in [0.1, 0.15) is 18.1 Å². The summed E-state index contributed by atoms with van der Waals surface area (Å²) in [4.78, 5) is 9.93. The predicted molar refractivity (Wildman–Crippen MR) is 65.8 cm³/mol. The molecule has 1 N–H and O–H groups in total. The smallest absolute Gasteiger partial charge is 0.269 e. The van der Waals surface area contributed by atoms with Gasteiger partial charge in [0.05, 0.1) is 11.0 Å². The molecule has 5 heteroatoms. The number of nitro groups is 1. The summed E-state index contributed by atoms with van der Waals surface area (Å²) in [6.07, 6.45) is 1.75. The van der Waals surface area contributed by atoms with Crippen molar-refractivity contribution >= 4 is 28.3 Å². The zero-order chi connectivity index (χ0) is 11.3. The molecule has 0 saturated heterocycles. The van der Waals surface area contributed by atoms with Crippen LogP contribution >= 0.6 is 22.6 Å². The number of non-ortho nitro benzene ring substituents is 1. The first-order valence-electron chi connectivity index (χ1n) is 4.33. The molecule has 4 nitrogen and oxygen atoms in total. The zero-order valence-corrected chi connectivity index (χ0v) is 9.99. The van der Waals surface area contributed by atoms with Crippen LogP contribution in [0.25, 0.3) is 0 Å². The van der Waals surface area contributed by atoms with Crippen molar-refractivity contribution in [3.8, 4) is 0 Å². The molecule has 0 radical (unpaired) electrons. The summed E-state index contributed by atoms with van der Waals surface area (Å²) >= 11 is 2.07. The van der Waals surface area contributed by atoms with Gasteiger partial charge in [-0.3, -0.25) is 10.1 Å². The molecule has 0 fully saturated rings. The summed E-state index contributed by atoms with van der Waals surface area (Å²) in [5.74, 6) is 0. The van der Waals surface area contributed by atoms with Crippen molar-refractivity contribution in [2.24, 2.45) is 0 Å². The fraction of sp³-hybridized carbons (Fsp3) is 0.200. The van der Waals surface area contributed by atoms with Crippen LogP contribution in [-0.4, -0.2) is 10.0 Å². The SMILES string of the molecule is O=[N+]([O-])c1ccc([C@H](O)C/C=C\I)cc1. The Bertz CT molecular complexity index is 361. The Hall–Kier alpha value is -0.950. The zero-order valence-electron chi connectivity index (χ0n) is 7.84. The van der Waals surface area contributed by atoms with E-state index in [1.54, 1.807) is 12.1 Å². The van der Waals surface area contributed by atoms with Crippen LogP contribution in [0.15, 0.2) is 34.4 Å². The molecule has 0 amide bonds. The summed E-state index contributed by atoms with van der Waals surface area (Å²) in [5.41, 5.74) is 0.727. The minimum absolute atomic E-state index is 0.0374. The van der Waals surface area contributed by atoms with E-state index in [0.29, 0.717) is 12.0 Å². The van der Waals surface area contributed by atoms with Gasteiger partial charge in [0.25, 0.3) is 5.69 Å². The Labute approximate surface area is 101 Å². The first-order chi connectivity index (χ1) is 7.15. The lowest BCUT2D eigenvalue weighted by Crippen LogP contribution is -1.96. The monoisotopic (exact) mass is 319 g/mol. The van der Waals surface area contributed by atoms with Crippen LogP contribution in [0, 0.1) is 10.1 Å². The third kappa shape index (κ3) is 3.60. The normalized spacial score (nSPS) is 12.9. The van der Waals surface area contributed by atoms with Gasteiger partial charge in [-0.25, -0.2) is 0 Å². The molecule has 0 saturated carbocycles. The van der Waals surface area contributed by atoms with E-state index < -0.39 is 11.0 Å². The minimum Gasteiger partial charge on any atom is -0.388 e. The Kier molecular flexibility index (Phi) is 4.70. The number of hydrogen-bond acceptors (Lipinski definition) is 3. The third-order valence-corrected chi connectivity index (χ3v) is 2.45. The molecule has 80 valence electrons. The fourth-order valence-corrected chi connectivity index (χ4v) is 1.43. The van der Waals surface area contributed by atoms with E-state index in [9.17, 15) is 15.2 Å². The van der Waals surface area contributed by atoms with Crippen molar-refractivity contribution in [1.29, 1.82) is 0 Å². The number of hydrogen-bond donors (Lipinski definition) is 1. The Balaban J connectivity index is 2.75. The number of benzene rings is 1. The van der Waals surface area contributed by atoms with Gasteiger partial charge in [0, 0.05) is 12.1 Å². The van der Waals surface area contributed by atoms with Crippen LogP contribution in [0.4, 0.5) is 5.69 Å². The second-order valence-corrected chi connectivity index (χ2v) is 3.68. The molecule has 0 spiro atoms. The second-order valence-electron chi connectivity index (χ2n) is 2.96. The standard InChI is InChI=1S/C10H10INO3/c11-7-1-2-10(13)8-3-5-9(6-4-8)12(14)15/h1,3-7,10,13H,2H2/b7-1-/t10-/m1/s1. The lowest BCUT2D eigenvalue weighted by molar-refractivity contribution is -0.384. The first-order valence-corrected chi connectivity index (χ1v) is 5.57. The molecule has 1 aromatic rings. The minimum atomic E-state index is -0.600. The van der Waals surface area contributed by atoms with Crippen LogP contribution in [0.5, 0.6) is 0 Å². The summed E-state index contributed by atoms with van der Waals surface area (Å²) in [7, 11) is 0. The molecule has 0 bridgehead atoms. The van der Waals surface area contributed by atoms with E-state index >= 15 is 0 Å². The number of aliphatic hydroxyl groups is 1.